The molecule has 1 aromatic rings. The van der Waals surface area contributed by atoms with Crippen molar-refractivity contribution in [3.63, 3.8) is 0 Å². The Hall–Kier alpha value is -1.72. The van der Waals surface area contributed by atoms with E-state index in [1.54, 1.807) is 7.11 Å². The first-order chi connectivity index (χ1) is 11.6. The molecule has 1 saturated carbocycles. The highest BCUT2D eigenvalue weighted by Gasteiger charge is 2.47. The van der Waals surface area contributed by atoms with Crippen LogP contribution in [0.5, 0.6) is 0 Å². The number of benzene rings is 1. The largest absolute Gasteiger partial charge is 0.385 e. The van der Waals surface area contributed by atoms with E-state index >= 15 is 0 Å². The van der Waals surface area contributed by atoms with Crippen LogP contribution in [0.15, 0.2) is 18.2 Å². The predicted molar refractivity (Wildman–Crippen MR) is 93.2 cm³/mol. The minimum absolute atomic E-state index is 0.0254. The normalized spacial score (nSPS) is 26.3. The maximum atomic E-state index is 13.2. The van der Waals surface area contributed by atoms with E-state index in [4.69, 9.17) is 10.5 Å². The standard InChI is InChI=1S/C19H26N2O3/c1-21-16-6-5-12(11-20)8-15(16)19(23)18-13(4-3-7-24-2)9-14(22)10-17(18)21/h5-6,8,13,17-18H,3-4,7,9-11,20H2,1-2H3/t13?,17-,18+/m1/s1. The van der Waals surface area contributed by atoms with Gasteiger partial charge in [0.15, 0.2) is 5.78 Å². The van der Waals surface area contributed by atoms with Crippen LogP contribution in [0, 0.1) is 11.8 Å². The summed E-state index contributed by atoms with van der Waals surface area (Å²) in [7, 11) is 3.68. The van der Waals surface area contributed by atoms with Crippen LogP contribution in [0.4, 0.5) is 5.69 Å². The number of Topliss-reactive ketones (excluding diaryl/α,β-unsaturated/α-hetero) is 2. The minimum atomic E-state index is -0.106. The molecular formula is C19H26N2O3. The van der Waals surface area contributed by atoms with Crippen molar-refractivity contribution >= 4 is 17.3 Å². The summed E-state index contributed by atoms with van der Waals surface area (Å²) in [5.74, 6) is 0.444. The summed E-state index contributed by atoms with van der Waals surface area (Å²) in [6.45, 7) is 1.09. The van der Waals surface area contributed by atoms with Gasteiger partial charge in [0.1, 0.15) is 5.78 Å². The van der Waals surface area contributed by atoms with Gasteiger partial charge in [-0.05, 0) is 36.5 Å². The molecule has 0 bridgehead atoms. The van der Waals surface area contributed by atoms with Crippen molar-refractivity contribution in [2.75, 3.05) is 25.7 Å². The van der Waals surface area contributed by atoms with E-state index < -0.39 is 0 Å². The number of nitrogens with two attached hydrogens (primary N) is 1. The topological polar surface area (TPSA) is 72.6 Å². The van der Waals surface area contributed by atoms with Gasteiger partial charge in [-0.3, -0.25) is 9.59 Å². The van der Waals surface area contributed by atoms with Crippen molar-refractivity contribution in [2.45, 2.75) is 38.3 Å². The fraction of sp³-hybridized carbons (Fsp3) is 0.579. The van der Waals surface area contributed by atoms with Crippen LogP contribution >= 0.6 is 0 Å². The van der Waals surface area contributed by atoms with E-state index in [1.165, 1.54) is 0 Å². The summed E-state index contributed by atoms with van der Waals surface area (Å²) in [5, 5.41) is 0. The van der Waals surface area contributed by atoms with Crippen molar-refractivity contribution in [1.82, 2.24) is 0 Å². The molecular weight excluding hydrogens is 304 g/mol. The zero-order chi connectivity index (χ0) is 17.3. The molecule has 3 rings (SSSR count). The first-order valence-corrected chi connectivity index (χ1v) is 8.67. The third-order valence-electron chi connectivity index (χ3n) is 5.51. The van der Waals surface area contributed by atoms with E-state index in [1.807, 2.05) is 25.2 Å². The van der Waals surface area contributed by atoms with Gasteiger partial charge >= 0.3 is 0 Å². The molecule has 2 aliphatic rings. The van der Waals surface area contributed by atoms with Crippen molar-refractivity contribution in [3.8, 4) is 0 Å². The van der Waals surface area contributed by atoms with E-state index in [-0.39, 0.29) is 29.4 Å². The second-order valence-corrected chi connectivity index (χ2v) is 6.97. The molecule has 0 spiro atoms. The Kier molecular flexibility index (Phi) is 5.01. The Morgan fingerprint density at radius 3 is 2.79 bits per heavy atom. The quantitative estimate of drug-likeness (QED) is 0.838. The Labute approximate surface area is 143 Å². The maximum absolute atomic E-state index is 13.2. The van der Waals surface area contributed by atoms with Gasteiger partial charge in [-0.15, -0.1) is 0 Å². The average Bonchev–Trinajstić information content (AvgIpc) is 2.59. The first-order valence-electron chi connectivity index (χ1n) is 8.67. The second kappa shape index (κ2) is 7.03. The van der Waals surface area contributed by atoms with E-state index in [2.05, 4.69) is 4.90 Å². The second-order valence-electron chi connectivity index (χ2n) is 6.97. The molecule has 0 amide bonds. The lowest BCUT2D eigenvalue weighted by atomic mass is 9.67. The van der Waals surface area contributed by atoms with Gasteiger partial charge in [-0.25, -0.2) is 0 Å². The summed E-state index contributed by atoms with van der Waals surface area (Å²) in [6, 6.07) is 5.82. The van der Waals surface area contributed by atoms with Crippen LogP contribution in [0.3, 0.4) is 0 Å². The van der Waals surface area contributed by atoms with Crippen LogP contribution in [0.2, 0.25) is 0 Å². The Balaban J connectivity index is 1.94. The number of fused-ring (bicyclic) bond motifs is 2. The number of ether oxygens (including phenoxy) is 1. The fourth-order valence-corrected chi connectivity index (χ4v) is 4.29. The number of hydrogen-bond acceptors (Lipinski definition) is 5. The summed E-state index contributed by atoms with van der Waals surface area (Å²) in [4.78, 5) is 27.6. The smallest absolute Gasteiger partial charge is 0.170 e. The lowest BCUT2D eigenvalue weighted by Gasteiger charge is -2.46. The van der Waals surface area contributed by atoms with Gasteiger partial charge in [0.25, 0.3) is 0 Å². The molecule has 0 saturated heterocycles. The van der Waals surface area contributed by atoms with Crippen molar-refractivity contribution < 1.29 is 14.3 Å². The van der Waals surface area contributed by atoms with Crippen molar-refractivity contribution in [2.24, 2.45) is 17.6 Å². The molecule has 3 atom stereocenters. The summed E-state index contributed by atoms with van der Waals surface area (Å²) < 4.78 is 5.14. The van der Waals surface area contributed by atoms with Gasteiger partial charge in [0, 0.05) is 63.4 Å². The molecule has 1 aliphatic heterocycles. The number of rotatable bonds is 5. The molecule has 1 unspecified atom stereocenters. The van der Waals surface area contributed by atoms with Gasteiger partial charge in [0.05, 0.1) is 0 Å². The number of methoxy groups -OCH3 is 1. The molecule has 0 aromatic heterocycles. The lowest BCUT2D eigenvalue weighted by Crippen LogP contribution is -2.53. The third-order valence-corrected chi connectivity index (χ3v) is 5.51. The SMILES string of the molecule is COCCCC1CC(=O)C[C@@H]2[C@H]1C(=O)c1cc(CN)ccc1N2C. The van der Waals surface area contributed by atoms with E-state index in [0.29, 0.717) is 26.0 Å². The zero-order valence-electron chi connectivity index (χ0n) is 14.5. The fourth-order valence-electron chi connectivity index (χ4n) is 4.29. The molecule has 0 radical (unpaired) electrons. The predicted octanol–water partition coefficient (Wildman–Crippen LogP) is 2.17. The minimum Gasteiger partial charge on any atom is -0.385 e. The summed E-state index contributed by atoms with van der Waals surface area (Å²) in [5.41, 5.74) is 8.38. The molecule has 1 aromatic carbocycles. The molecule has 1 heterocycles. The van der Waals surface area contributed by atoms with Crippen molar-refractivity contribution in [3.05, 3.63) is 29.3 Å². The van der Waals surface area contributed by atoms with E-state index in [0.717, 1.165) is 29.7 Å². The average molecular weight is 330 g/mol. The molecule has 1 fully saturated rings. The van der Waals surface area contributed by atoms with Crippen LogP contribution in [-0.4, -0.2) is 38.4 Å². The van der Waals surface area contributed by atoms with Crippen molar-refractivity contribution in [1.29, 1.82) is 0 Å². The maximum Gasteiger partial charge on any atom is 0.170 e. The van der Waals surface area contributed by atoms with Crippen LogP contribution < -0.4 is 10.6 Å². The molecule has 5 nitrogen and oxygen atoms in total. The molecule has 24 heavy (non-hydrogen) atoms. The van der Waals surface area contributed by atoms with Gasteiger partial charge in [0.2, 0.25) is 0 Å². The number of anilines is 1. The number of hydrogen-bond donors (Lipinski definition) is 1. The lowest BCUT2D eigenvalue weighted by molar-refractivity contribution is -0.123. The molecule has 130 valence electrons. The first kappa shape index (κ1) is 17.1. The zero-order valence-corrected chi connectivity index (χ0v) is 14.5. The number of carbonyl (C=O) groups excluding carboxylic acids is 2. The molecule has 5 heteroatoms. The van der Waals surface area contributed by atoms with E-state index in [9.17, 15) is 9.59 Å². The highest BCUT2D eigenvalue weighted by atomic mass is 16.5. The number of nitrogens with zero attached hydrogens (tertiary/aromatic N) is 1. The van der Waals surface area contributed by atoms with Crippen LogP contribution in [-0.2, 0) is 16.1 Å². The molecule has 2 N–H and O–H groups in total. The monoisotopic (exact) mass is 330 g/mol. The van der Waals surface area contributed by atoms with Gasteiger partial charge in [-0.1, -0.05) is 6.07 Å². The Bertz CT molecular complexity index is 643. The molecule has 1 aliphatic carbocycles. The Morgan fingerprint density at radius 1 is 1.29 bits per heavy atom. The van der Waals surface area contributed by atoms with Crippen LogP contribution in [0.25, 0.3) is 0 Å². The van der Waals surface area contributed by atoms with Gasteiger partial charge in [-0.2, -0.15) is 0 Å². The summed E-state index contributed by atoms with van der Waals surface area (Å²) in [6.07, 6.45) is 2.71. The summed E-state index contributed by atoms with van der Waals surface area (Å²) >= 11 is 0. The van der Waals surface area contributed by atoms with Gasteiger partial charge < -0.3 is 15.4 Å². The highest BCUT2D eigenvalue weighted by Crippen LogP contribution is 2.43. The number of carbonyl (C=O) groups is 2. The third kappa shape index (κ3) is 2.98. The van der Waals surface area contributed by atoms with Crippen LogP contribution in [0.1, 0.15) is 41.6 Å². The Morgan fingerprint density at radius 2 is 2.08 bits per heavy atom. The highest BCUT2D eigenvalue weighted by molar-refractivity contribution is 6.07. The number of ketones is 2.